The molecule has 92 valence electrons. The minimum Gasteiger partial charge on any atom is -0.0888 e. The molecule has 2 atom stereocenters. The number of hydrogen-bond donors (Lipinski definition) is 0. The molecule has 0 rings (SSSR count). The highest BCUT2D eigenvalue weighted by atomic mass is 79.9. The lowest BCUT2D eigenvalue weighted by Gasteiger charge is -2.16. The second-order valence-corrected chi connectivity index (χ2v) is 5.99. The lowest BCUT2D eigenvalue weighted by Crippen LogP contribution is -2.09. The summed E-state index contributed by atoms with van der Waals surface area (Å²) in [5.74, 6) is 0.852. The van der Waals surface area contributed by atoms with E-state index in [4.69, 9.17) is 0 Å². The monoisotopic (exact) mass is 276 g/mol. The van der Waals surface area contributed by atoms with Crippen LogP contribution in [0.3, 0.4) is 0 Å². The Morgan fingerprint density at radius 1 is 0.867 bits per heavy atom. The van der Waals surface area contributed by atoms with E-state index in [1.807, 2.05) is 0 Å². The molecule has 0 aromatic carbocycles. The third-order valence-corrected chi connectivity index (χ3v) is 4.82. The van der Waals surface area contributed by atoms with E-state index in [-0.39, 0.29) is 0 Å². The zero-order valence-corrected chi connectivity index (χ0v) is 12.5. The smallest absolute Gasteiger partial charge is 0.0168 e. The van der Waals surface area contributed by atoms with Crippen molar-refractivity contribution in [1.82, 2.24) is 0 Å². The highest BCUT2D eigenvalue weighted by Gasteiger charge is 2.10. The summed E-state index contributed by atoms with van der Waals surface area (Å²) in [4.78, 5) is 0.734. The Morgan fingerprint density at radius 3 is 1.93 bits per heavy atom. The van der Waals surface area contributed by atoms with Crippen molar-refractivity contribution in [2.75, 3.05) is 0 Å². The van der Waals surface area contributed by atoms with Crippen molar-refractivity contribution in [3.63, 3.8) is 0 Å². The maximum atomic E-state index is 3.75. The van der Waals surface area contributed by atoms with Crippen molar-refractivity contribution in [2.45, 2.75) is 83.4 Å². The number of alkyl halides is 1. The summed E-state index contributed by atoms with van der Waals surface area (Å²) in [7, 11) is 0. The fourth-order valence-corrected chi connectivity index (χ4v) is 2.27. The predicted octanol–water partition coefficient (Wildman–Crippen LogP) is 5.94. The van der Waals surface area contributed by atoms with Crippen molar-refractivity contribution in [3.05, 3.63) is 0 Å². The van der Waals surface area contributed by atoms with Crippen LogP contribution in [0.2, 0.25) is 0 Å². The van der Waals surface area contributed by atoms with Gasteiger partial charge in [0.05, 0.1) is 0 Å². The van der Waals surface area contributed by atoms with E-state index in [9.17, 15) is 0 Å². The van der Waals surface area contributed by atoms with Crippen LogP contribution < -0.4 is 0 Å². The van der Waals surface area contributed by atoms with Crippen LogP contribution in [0.5, 0.6) is 0 Å². The van der Waals surface area contributed by atoms with Crippen LogP contribution in [-0.2, 0) is 0 Å². The molecule has 0 saturated heterocycles. The van der Waals surface area contributed by atoms with Crippen molar-refractivity contribution < 1.29 is 0 Å². The molecule has 1 heteroatoms. The Hall–Kier alpha value is 0.480. The molecule has 0 heterocycles. The van der Waals surface area contributed by atoms with Crippen LogP contribution in [0, 0.1) is 5.92 Å². The number of hydrogen-bond acceptors (Lipinski definition) is 0. The number of unbranched alkanes of at least 4 members (excludes halogenated alkanes) is 6. The van der Waals surface area contributed by atoms with Crippen molar-refractivity contribution in [3.8, 4) is 0 Å². The van der Waals surface area contributed by atoms with Crippen LogP contribution in [0.25, 0.3) is 0 Å². The second-order valence-electron chi connectivity index (χ2n) is 4.81. The number of halogens is 1. The van der Waals surface area contributed by atoms with E-state index < -0.39 is 0 Å². The Morgan fingerprint density at radius 2 is 1.40 bits per heavy atom. The van der Waals surface area contributed by atoms with Gasteiger partial charge < -0.3 is 0 Å². The molecule has 0 aliphatic rings. The molecule has 0 N–H and O–H groups in total. The molecule has 0 spiro atoms. The third kappa shape index (κ3) is 9.41. The lowest BCUT2D eigenvalue weighted by atomic mass is 9.98. The van der Waals surface area contributed by atoms with E-state index >= 15 is 0 Å². The predicted molar refractivity (Wildman–Crippen MR) is 74.8 cm³/mol. The van der Waals surface area contributed by atoms with Crippen molar-refractivity contribution in [1.29, 1.82) is 0 Å². The summed E-state index contributed by atoms with van der Waals surface area (Å²) in [6.07, 6.45) is 12.7. The van der Waals surface area contributed by atoms with Crippen LogP contribution >= 0.6 is 15.9 Å². The van der Waals surface area contributed by atoms with Gasteiger partial charge in [-0.3, -0.25) is 0 Å². The van der Waals surface area contributed by atoms with Crippen molar-refractivity contribution in [2.24, 2.45) is 5.92 Å². The summed E-state index contributed by atoms with van der Waals surface area (Å²) < 4.78 is 0. The van der Waals surface area contributed by atoms with E-state index in [0.717, 1.165) is 10.7 Å². The number of rotatable bonds is 10. The fourth-order valence-electron chi connectivity index (χ4n) is 2.01. The molecule has 0 nitrogen and oxygen atoms in total. The zero-order valence-electron chi connectivity index (χ0n) is 10.9. The molecule has 0 aromatic heterocycles. The van der Waals surface area contributed by atoms with Crippen LogP contribution in [0.4, 0.5) is 0 Å². The van der Waals surface area contributed by atoms with Gasteiger partial charge >= 0.3 is 0 Å². The van der Waals surface area contributed by atoms with Gasteiger partial charge in [0.25, 0.3) is 0 Å². The van der Waals surface area contributed by atoms with Gasteiger partial charge in [0.2, 0.25) is 0 Å². The molecule has 0 aromatic rings. The highest BCUT2D eigenvalue weighted by Crippen LogP contribution is 2.22. The lowest BCUT2D eigenvalue weighted by molar-refractivity contribution is 0.465. The standard InChI is InChI=1S/C14H29Br/c1-4-6-7-8-9-10-11-12-13(3)14(15)5-2/h13-14H,4-12H2,1-3H3. The fraction of sp³-hybridized carbons (Fsp3) is 1.00. The molecular formula is C14H29Br. The van der Waals surface area contributed by atoms with Crippen LogP contribution in [-0.4, -0.2) is 4.83 Å². The Balaban J connectivity index is 3.16. The average Bonchev–Trinajstić information content (AvgIpc) is 2.26. The van der Waals surface area contributed by atoms with Gasteiger partial charge in [-0.15, -0.1) is 0 Å². The van der Waals surface area contributed by atoms with Gasteiger partial charge in [-0.1, -0.05) is 81.6 Å². The minimum atomic E-state index is 0.734. The Labute approximate surface area is 105 Å². The zero-order chi connectivity index (χ0) is 11.5. The van der Waals surface area contributed by atoms with Crippen molar-refractivity contribution >= 4 is 15.9 Å². The molecule has 0 fully saturated rings. The van der Waals surface area contributed by atoms with Gasteiger partial charge in [0.1, 0.15) is 0 Å². The van der Waals surface area contributed by atoms with Gasteiger partial charge in [-0.2, -0.15) is 0 Å². The van der Waals surface area contributed by atoms with E-state index in [1.54, 1.807) is 0 Å². The first-order valence-corrected chi connectivity index (χ1v) is 7.78. The summed E-state index contributed by atoms with van der Waals surface area (Å²) in [5.41, 5.74) is 0. The Kier molecular flexibility index (Phi) is 11.3. The van der Waals surface area contributed by atoms with Gasteiger partial charge in [-0.25, -0.2) is 0 Å². The summed E-state index contributed by atoms with van der Waals surface area (Å²) in [6, 6.07) is 0. The molecule has 0 radical (unpaired) electrons. The van der Waals surface area contributed by atoms with Crippen LogP contribution in [0.15, 0.2) is 0 Å². The molecule has 15 heavy (non-hydrogen) atoms. The minimum absolute atomic E-state index is 0.734. The van der Waals surface area contributed by atoms with E-state index in [1.165, 1.54) is 57.8 Å². The molecule has 0 saturated carbocycles. The Bertz CT molecular complexity index is 123. The van der Waals surface area contributed by atoms with E-state index in [0.29, 0.717) is 0 Å². The molecular weight excluding hydrogens is 248 g/mol. The quantitative estimate of drug-likeness (QED) is 0.342. The van der Waals surface area contributed by atoms with Gasteiger partial charge in [0.15, 0.2) is 0 Å². The summed E-state index contributed by atoms with van der Waals surface area (Å²) >= 11 is 3.75. The summed E-state index contributed by atoms with van der Waals surface area (Å²) in [6.45, 7) is 6.92. The normalized spacial score (nSPS) is 15.2. The van der Waals surface area contributed by atoms with E-state index in [2.05, 4.69) is 36.7 Å². The first kappa shape index (κ1) is 15.5. The van der Waals surface area contributed by atoms with Crippen LogP contribution in [0.1, 0.15) is 78.6 Å². The first-order chi connectivity index (χ1) is 7.22. The summed E-state index contributed by atoms with van der Waals surface area (Å²) in [5, 5.41) is 0. The molecule has 0 aliphatic heterocycles. The largest absolute Gasteiger partial charge is 0.0888 e. The SMILES string of the molecule is CCCCCCCCCC(C)C(Br)CC. The molecule has 0 aliphatic carbocycles. The second kappa shape index (κ2) is 11.0. The maximum absolute atomic E-state index is 3.75. The molecule has 0 amide bonds. The van der Waals surface area contributed by atoms with Gasteiger partial charge in [-0.05, 0) is 18.8 Å². The third-order valence-electron chi connectivity index (χ3n) is 3.27. The molecule has 0 bridgehead atoms. The van der Waals surface area contributed by atoms with Gasteiger partial charge in [0, 0.05) is 4.83 Å². The molecule has 2 unspecified atom stereocenters. The topological polar surface area (TPSA) is 0 Å². The highest BCUT2D eigenvalue weighted by molar-refractivity contribution is 9.09. The maximum Gasteiger partial charge on any atom is 0.0168 e. The first-order valence-electron chi connectivity index (χ1n) is 6.86. The average molecular weight is 277 g/mol.